The topological polar surface area (TPSA) is 206 Å². The van der Waals surface area contributed by atoms with E-state index in [0.29, 0.717) is 18.0 Å². The first-order valence-electron chi connectivity index (χ1n) is 22.4. The number of benzene rings is 2. The summed E-state index contributed by atoms with van der Waals surface area (Å²) in [4.78, 5) is 20.6. The zero-order chi connectivity index (χ0) is 48.5. The molecule has 6 rings (SSSR count). The smallest absolute Gasteiger partial charge is 0.232 e. The molecule has 2 aromatic heterocycles. The SMILES string of the molecule is CC(C)(C)[Si](C)(C)OC[C@H]1O[C@@H](n2cnc(C(O)c3ccccc3)n2)[C@@H](O[Si](C)(C)C(C)(C)C)C1O[Si](C)(C)C(C)(C)C.O=C(c1ccccc1)c1ncn([C@@H]2O[C@H](CO)C(O)[C@@H]2O)n1. The fourth-order valence-corrected chi connectivity index (χ4v) is 10.1. The van der Waals surface area contributed by atoms with Crippen molar-refractivity contribution < 1.29 is 48.0 Å². The van der Waals surface area contributed by atoms with Crippen LogP contribution < -0.4 is 0 Å². The molecule has 9 atom stereocenters. The monoisotopic (exact) mass is 954 g/mol. The predicted octanol–water partition coefficient (Wildman–Crippen LogP) is 7.18. The third kappa shape index (κ3) is 12.1. The Bertz CT molecular complexity index is 2150. The Morgan fingerprint density at radius 1 is 0.677 bits per heavy atom. The number of ether oxygens (including phenoxy) is 2. The number of ketones is 1. The summed E-state index contributed by atoms with van der Waals surface area (Å²) in [5, 5.41) is 48.6. The summed E-state index contributed by atoms with van der Waals surface area (Å²) in [6, 6.07) is 18.0. The number of hydrogen-bond donors (Lipinski definition) is 4. The predicted molar refractivity (Wildman–Crippen MR) is 255 cm³/mol. The van der Waals surface area contributed by atoms with E-state index in [-0.39, 0.29) is 38.9 Å². The molecule has 0 saturated carbocycles. The molecule has 16 nitrogen and oxygen atoms in total. The van der Waals surface area contributed by atoms with Gasteiger partial charge in [-0.25, -0.2) is 19.3 Å². The molecular weight excluding hydrogens is 881 g/mol. The quantitative estimate of drug-likeness (QED) is 0.0731. The molecule has 2 fully saturated rings. The summed E-state index contributed by atoms with van der Waals surface area (Å²) in [5.41, 5.74) is 1.18. The van der Waals surface area contributed by atoms with Crippen LogP contribution in [0.2, 0.25) is 54.4 Å². The van der Waals surface area contributed by atoms with Crippen molar-refractivity contribution in [3.8, 4) is 0 Å². The van der Waals surface area contributed by atoms with Crippen LogP contribution in [0.1, 0.15) is 108 Å². The minimum atomic E-state index is -2.28. The van der Waals surface area contributed by atoms with Gasteiger partial charge in [0, 0.05) is 5.56 Å². The second-order valence-corrected chi connectivity index (χ2v) is 36.0. The molecule has 2 aliphatic heterocycles. The lowest BCUT2D eigenvalue weighted by molar-refractivity contribution is -0.0588. The molecule has 3 unspecified atom stereocenters. The summed E-state index contributed by atoms with van der Waals surface area (Å²) in [5.74, 6) is -0.0706. The van der Waals surface area contributed by atoms with E-state index < -0.39 is 74.5 Å². The number of hydrogen-bond acceptors (Lipinski definition) is 14. The van der Waals surface area contributed by atoms with Crippen molar-refractivity contribution in [1.29, 1.82) is 0 Å². The Morgan fingerprint density at radius 3 is 1.69 bits per heavy atom. The first-order chi connectivity index (χ1) is 30.0. The Morgan fingerprint density at radius 2 is 1.17 bits per heavy atom. The van der Waals surface area contributed by atoms with E-state index in [9.17, 15) is 20.1 Å². The lowest BCUT2D eigenvalue weighted by atomic mass is 10.1. The van der Waals surface area contributed by atoms with Crippen LogP contribution in [0.15, 0.2) is 73.3 Å². The molecule has 0 amide bonds. The molecule has 2 saturated heterocycles. The Hall–Kier alpha value is -3.32. The fraction of sp³-hybridized carbons (Fsp3) is 0.630. The van der Waals surface area contributed by atoms with Gasteiger partial charge in [-0.05, 0) is 60.0 Å². The number of aliphatic hydroxyl groups excluding tert-OH is 4. The average molecular weight is 955 g/mol. The molecule has 360 valence electrons. The standard InChI is InChI=1S/C32H59N3O5Si3.C14H15N3O5/c1-30(2,3)41(10,11)37-21-24-26(39-42(12,13)31(4,5)6)27(40-43(14,15)32(7,8)9)29(38-24)35-22-33-28(34-35)25(36)23-19-17-16-18-20-23;18-6-9-11(20)12(21)14(22-9)17-7-15-13(16-17)10(19)8-4-2-1-3-5-8/h16-20,22,24-27,29,36H,21H2,1-15H3;1-5,7,9,11-12,14,18,20-21H,6H2/t24-,25?,26?,27+,29-;9-,11?,12+,14-/m11/s1. The Balaban J connectivity index is 0.000000299. The van der Waals surface area contributed by atoms with Gasteiger partial charge in [0.05, 0.1) is 13.2 Å². The van der Waals surface area contributed by atoms with E-state index in [4.69, 9.17) is 33.0 Å². The fourth-order valence-electron chi connectivity index (χ4n) is 6.50. The van der Waals surface area contributed by atoms with Crippen molar-refractivity contribution in [2.24, 2.45) is 0 Å². The van der Waals surface area contributed by atoms with E-state index in [0.717, 1.165) is 5.56 Å². The minimum absolute atomic E-state index is 0.00232. The van der Waals surface area contributed by atoms with Crippen LogP contribution in [0, 0.1) is 0 Å². The Kier molecular flexibility index (Phi) is 16.3. The maximum Gasteiger partial charge on any atom is 0.232 e. The number of rotatable bonds is 14. The van der Waals surface area contributed by atoms with Crippen LogP contribution in [-0.2, 0) is 22.8 Å². The van der Waals surface area contributed by atoms with Crippen LogP contribution in [0.25, 0.3) is 0 Å². The highest BCUT2D eigenvalue weighted by Crippen LogP contribution is 2.46. The molecule has 19 heteroatoms. The zero-order valence-electron chi connectivity index (χ0n) is 41.0. The molecular formula is C46H74N6O10Si3. The highest BCUT2D eigenvalue weighted by Gasteiger charge is 2.55. The van der Waals surface area contributed by atoms with Crippen LogP contribution in [-0.4, -0.2) is 131 Å². The largest absolute Gasteiger partial charge is 0.414 e. The van der Waals surface area contributed by atoms with Crippen molar-refractivity contribution in [2.75, 3.05) is 13.2 Å². The van der Waals surface area contributed by atoms with Gasteiger partial charge in [0.25, 0.3) is 0 Å². The number of carbonyl (C=O) groups excluding carboxylic acids is 1. The highest BCUT2D eigenvalue weighted by atomic mass is 28.4. The van der Waals surface area contributed by atoms with E-state index in [2.05, 4.69) is 117 Å². The van der Waals surface area contributed by atoms with Crippen LogP contribution in [0.4, 0.5) is 0 Å². The second kappa shape index (κ2) is 20.1. The van der Waals surface area contributed by atoms with Crippen LogP contribution >= 0.6 is 0 Å². The highest BCUT2D eigenvalue weighted by molar-refractivity contribution is 6.75. The maximum atomic E-state index is 12.2. The van der Waals surface area contributed by atoms with Crippen LogP contribution in [0.3, 0.4) is 0 Å². The van der Waals surface area contributed by atoms with Gasteiger partial charge in [0.1, 0.15) is 55.4 Å². The molecule has 0 aliphatic carbocycles. The second-order valence-electron chi connectivity index (χ2n) is 21.7. The van der Waals surface area contributed by atoms with Crippen molar-refractivity contribution in [3.05, 3.63) is 96.1 Å². The van der Waals surface area contributed by atoms with Gasteiger partial charge in [-0.3, -0.25) is 4.79 Å². The molecule has 4 aromatic rings. The summed E-state index contributed by atoms with van der Waals surface area (Å²) in [6.07, 6.45) is -4.16. The molecule has 0 bridgehead atoms. The molecule has 2 aliphatic rings. The third-order valence-electron chi connectivity index (χ3n) is 13.8. The number of aliphatic hydroxyl groups is 4. The maximum absolute atomic E-state index is 12.2. The number of aromatic nitrogens is 6. The summed E-state index contributed by atoms with van der Waals surface area (Å²) in [7, 11) is -6.60. The molecule has 0 radical (unpaired) electrons. The van der Waals surface area contributed by atoms with Gasteiger partial charge >= 0.3 is 0 Å². The van der Waals surface area contributed by atoms with Gasteiger partial charge in [-0.1, -0.05) is 123 Å². The average Bonchev–Trinajstić information content (AvgIpc) is 4.03. The molecule has 4 heterocycles. The summed E-state index contributed by atoms with van der Waals surface area (Å²) >= 11 is 0. The van der Waals surface area contributed by atoms with Crippen molar-refractivity contribution in [3.63, 3.8) is 0 Å². The van der Waals surface area contributed by atoms with Gasteiger partial charge in [0.2, 0.25) is 11.6 Å². The number of nitrogens with zero attached hydrogens (tertiary/aromatic N) is 6. The molecule has 2 aromatic carbocycles. The van der Waals surface area contributed by atoms with E-state index in [1.807, 2.05) is 30.3 Å². The van der Waals surface area contributed by atoms with Crippen molar-refractivity contribution in [1.82, 2.24) is 29.5 Å². The van der Waals surface area contributed by atoms with Gasteiger partial charge in [-0.2, -0.15) is 5.10 Å². The first-order valence-corrected chi connectivity index (χ1v) is 31.1. The van der Waals surface area contributed by atoms with Gasteiger partial charge in [0.15, 0.2) is 43.2 Å². The molecule has 65 heavy (non-hydrogen) atoms. The van der Waals surface area contributed by atoms with Gasteiger partial charge in [-0.15, -0.1) is 5.10 Å². The third-order valence-corrected chi connectivity index (χ3v) is 27.3. The Labute approximate surface area is 388 Å². The van der Waals surface area contributed by atoms with Gasteiger partial charge < -0.3 is 43.2 Å². The van der Waals surface area contributed by atoms with Crippen molar-refractivity contribution in [2.45, 2.75) is 172 Å². The number of carbonyl (C=O) groups is 1. The normalized spacial score (nSPS) is 25.0. The summed E-state index contributed by atoms with van der Waals surface area (Å²) in [6.45, 7) is 33.8. The first kappa shape index (κ1) is 52.6. The minimum Gasteiger partial charge on any atom is -0.414 e. The lowest BCUT2D eigenvalue weighted by Gasteiger charge is -2.44. The molecule has 0 spiro atoms. The summed E-state index contributed by atoms with van der Waals surface area (Å²) < 4.78 is 36.2. The zero-order valence-corrected chi connectivity index (χ0v) is 44.0. The molecule has 4 N–H and O–H groups in total. The van der Waals surface area contributed by atoms with E-state index in [1.165, 1.54) is 11.0 Å². The van der Waals surface area contributed by atoms with Crippen molar-refractivity contribution >= 4 is 30.7 Å². The van der Waals surface area contributed by atoms with E-state index >= 15 is 0 Å². The van der Waals surface area contributed by atoms with E-state index in [1.54, 1.807) is 41.3 Å². The van der Waals surface area contributed by atoms with Crippen LogP contribution in [0.5, 0.6) is 0 Å². The lowest BCUT2D eigenvalue weighted by Crippen LogP contribution is -2.54.